The van der Waals surface area contributed by atoms with E-state index in [1.54, 1.807) is 6.92 Å². The van der Waals surface area contributed by atoms with Crippen molar-refractivity contribution in [3.05, 3.63) is 29.8 Å². The Labute approximate surface area is 148 Å². The van der Waals surface area contributed by atoms with Crippen molar-refractivity contribution in [1.29, 1.82) is 0 Å². The van der Waals surface area contributed by atoms with Gasteiger partial charge < -0.3 is 14.5 Å². The van der Waals surface area contributed by atoms with Crippen LogP contribution in [0, 0.1) is 12.8 Å². The van der Waals surface area contributed by atoms with Gasteiger partial charge in [-0.3, -0.25) is 14.4 Å². The number of nitrogens with zero attached hydrogens (tertiary/aromatic N) is 2. The number of carbonyl (C=O) groups excluding carboxylic acids is 3. The maximum Gasteiger partial charge on any atom is 0.316 e. The third-order valence-corrected chi connectivity index (χ3v) is 4.46. The molecule has 1 aromatic rings. The summed E-state index contributed by atoms with van der Waals surface area (Å²) in [5.74, 6) is -1.43. The molecule has 6 heteroatoms. The van der Waals surface area contributed by atoms with Gasteiger partial charge in [-0.1, -0.05) is 12.1 Å². The number of hydrogen-bond acceptors (Lipinski definition) is 4. The third-order valence-electron chi connectivity index (χ3n) is 4.46. The average Bonchev–Trinajstić information content (AvgIpc) is 2.62. The van der Waals surface area contributed by atoms with Gasteiger partial charge in [0.15, 0.2) is 0 Å². The van der Waals surface area contributed by atoms with Crippen molar-refractivity contribution in [3.8, 4) is 0 Å². The lowest BCUT2D eigenvalue weighted by molar-refractivity contribution is -0.152. The number of rotatable bonds is 4. The van der Waals surface area contributed by atoms with Crippen LogP contribution in [-0.4, -0.2) is 48.9 Å². The highest BCUT2D eigenvalue weighted by Crippen LogP contribution is 2.21. The lowest BCUT2D eigenvalue weighted by atomic mass is 9.97. The van der Waals surface area contributed by atoms with Gasteiger partial charge in [0.1, 0.15) is 0 Å². The minimum Gasteiger partial charge on any atom is -0.466 e. The molecule has 0 bridgehead atoms. The van der Waals surface area contributed by atoms with E-state index in [1.807, 2.05) is 38.1 Å². The van der Waals surface area contributed by atoms with Crippen LogP contribution in [0.5, 0.6) is 0 Å². The smallest absolute Gasteiger partial charge is 0.316 e. The molecule has 136 valence electrons. The molecule has 0 radical (unpaired) electrons. The van der Waals surface area contributed by atoms with E-state index in [2.05, 4.69) is 0 Å². The van der Waals surface area contributed by atoms with Crippen LogP contribution in [0.4, 0.5) is 5.69 Å². The number of amides is 2. The first kappa shape index (κ1) is 19.0. The zero-order valence-corrected chi connectivity index (χ0v) is 15.2. The van der Waals surface area contributed by atoms with E-state index >= 15 is 0 Å². The Morgan fingerprint density at radius 3 is 2.44 bits per heavy atom. The molecule has 1 fully saturated rings. The predicted molar refractivity (Wildman–Crippen MR) is 95.1 cm³/mol. The van der Waals surface area contributed by atoms with Crippen LogP contribution in [0.3, 0.4) is 0 Å². The Hall–Kier alpha value is -2.37. The number of likely N-dealkylation sites (N-methyl/N-ethyl adjacent to an activating group) is 1. The lowest BCUT2D eigenvalue weighted by Gasteiger charge is -2.32. The molecule has 2 rings (SSSR count). The zero-order valence-electron chi connectivity index (χ0n) is 15.2. The maximum absolute atomic E-state index is 12.6. The topological polar surface area (TPSA) is 66.9 Å². The van der Waals surface area contributed by atoms with Crippen LogP contribution in [0.25, 0.3) is 0 Å². The number of ether oxygens (including phenoxy) is 1. The third kappa shape index (κ3) is 4.59. The number of benzene rings is 1. The van der Waals surface area contributed by atoms with Gasteiger partial charge in [-0.15, -0.1) is 0 Å². The minimum absolute atomic E-state index is 0.182. The van der Waals surface area contributed by atoms with E-state index in [0.29, 0.717) is 39.1 Å². The van der Waals surface area contributed by atoms with Crippen molar-refractivity contribution >= 4 is 23.5 Å². The van der Waals surface area contributed by atoms with Gasteiger partial charge in [-0.05, 0) is 51.3 Å². The summed E-state index contributed by atoms with van der Waals surface area (Å²) in [6.07, 6.45) is 1.07. The van der Waals surface area contributed by atoms with Crippen LogP contribution < -0.4 is 4.90 Å². The fraction of sp³-hybridized carbons (Fsp3) is 0.526. The quantitative estimate of drug-likeness (QED) is 0.619. The molecule has 0 aliphatic carbocycles. The van der Waals surface area contributed by atoms with E-state index in [4.69, 9.17) is 4.74 Å². The first-order valence-corrected chi connectivity index (χ1v) is 8.82. The SMILES string of the molecule is CCOC(=O)C1CCN(C(=O)C(=O)N(CC)c2cccc(C)c2)CC1. The number of carbonyl (C=O) groups is 3. The molecule has 1 aromatic carbocycles. The summed E-state index contributed by atoms with van der Waals surface area (Å²) in [5.41, 5.74) is 1.76. The molecule has 6 nitrogen and oxygen atoms in total. The van der Waals surface area contributed by atoms with Crippen LogP contribution in [0.15, 0.2) is 24.3 Å². The van der Waals surface area contributed by atoms with Crippen molar-refractivity contribution in [2.24, 2.45) is 5.92 Å². The van der Waals surface area contributed by atoms with E-state index in [9.17, 15) is 14.4 Å². The van der Waals surface area contributed by atoms with Crippen LogP contribution in [0.1, 0.15) is 32.3 Å². The second-order valence-electron chi connectivity index (χ2n) is 6.21. The van der Waals surface area contributed by atoms with Crippen LogP contribution in [0.2, 0.25) is 0 Å². The molecule has 1 saturated heterocycles. The highest BCUT2D eigenvalue weighted by atomic mass is 16.5. The highest BCUT2D eigenvalue weighted by Gasteiger charge is 2.32. The van der Waals surface area contributed by atoms with E-state index in [1.165, 1.54) is 9.80 Å². The lowest BCUT2D eigenvalue weighted by Crippen LogP contribution is -2.49. The van der Waals surface area contributed by atoms with E-state index < -0.39 is 11.8 Å². The van der Waals surface area contributed by atoms with Crippen molar-refractivity contribution in [2.75, 3.05) is 31.1 Å². The Balaban J connectivity index is 2.00. The van der Waals surface area contributed by atoms with Gasteiger partial charge >= 0.3 is 17.8 Å². The fourth-order valence-electron chi connectivity index (χ4n) is 3.07. The Morgan fingerprint density at radius 2 is 1.88 bits per heavy atom. The standard InChI is InChI=1S/C19H26N2O4/c1-4-21(16-8-6-7-14(3)13-16)18(23)17(22)20-11-9-15(10-12-20)19(24)25-5-2/h6-8,13,15H,4-5,9-12H2,1-3H3. The zero-order chi connectivity index (χ0) is 18.4. The second-order valence-corrected chi connectivity index (χ2v) is 6.21. The number of hydrogen-bond donors (Lipinski definition) is 0. The summed E-state index contributed by atoms with van der Waals surface area (Å²) in [6.45, 7) is 7.16. The molecular formula is C19H26N2O4. The summed E-state index contributed by atoms with van der Waals surface area (Å²) in [4.78, 5) is 40.0. The first-order valence-electron chi connectivity index (χ1n) is 8.82. The number of anilines is 1. The highest BCUT2D eigenvalue weighted by molar-refractivity contribution is 6.40. The number of esters is 1. The number of piperidine rings is 1. The molecule has 0 spiro atoms. The summed E-state index contributed by atoms with van der Waals surface area (Å²) in [7, 11) is 0. The van der Waals surface area contributed by atoms with Gasteiger partial charge in [-0.25, -0.2) is 0 Å². The molecule has 1 heterocycles. The Kier molecular flexibility index (Phi) is 6.56. The fourth-order valence-corrected chi connectivity index (χ4v) is 3.07. The van der Waals surface area contributed by atoms with Crippen molar-refractivity contribution in [1.82, 2.24) is 4.90 Å². The van der Waals surface area contributed by atoms with Gasteiger partial charge in [0.25, 0.3) is 0 Å². The molecular weight excluding hydrogens is 320 g/mol. The minimum atomic E-state index is -0.525. The average molecular weight is 346 g/mol. The molecule has 0 unspecified atom stereocenters. The number of aryl methyl sites for hydroxylation is 1. The molecule has 2 amide bonds. The van der Waals surface area contributed by atoms with E-state index in [-0.39, 0.29) is 11.9 Å². The normalized spacial score (nSPS) is 14.9. The van der Waals surface area contributed by atoms with Crippen LogP contribution in [-0.2, 0) is 19.1 Å². The Morgan fingerprint density at radius 1 is 1.20 bits per heavy atom. The summed E-state index contributed by atoms with van der Waals surface area (Å²) in [5, 5.41) is 0. The van der Waals surface area contributed by atoms with E-state index in [0.717, 1.165) is 11.3 Å². The maximum atomic E-state index is 12.6. The summed E-state index contributed by atoms with van der Waals surface area (Å²) in [6, 6.07) is 7.54. The molecule has 0 saturated carbocycles. The van der Waals surface area contributed by atoms with Crippen molar-refractivity contribution in [2.45, 2.75) is 33.6 Å². The molecule has 0 aromatic heterocycles. The number of likely N-dealkylation sites (tertiary alicyclic amines) is 1. The molecule has 1 aliphatic heterocycles. The largest absolute Gasteiger partial charge is 0.466 e. The van der Waals surface area contributed by atoms with Gasteiger partial charge in [0.2, 0.25) is 0 Å². The summed E-state index contributed by atoms with van der Waals surface area (Å²) >= 11 is 0. The second kappa shape index (κ2) is 8.65. The van der Waals surface area contributed by atoms with Crippen molar-refractivity contribution in [3.63, 3.8) is 0 Å². The Bertz CT molecular complexity index is 636. The molecule has 25 heavy (non-hydrogen) atoms. The van der Waals surface area contributed by atoms with Gasteiger partial charge in [0.05, 0.1) is 12.5 Å². The first-order chi connectivity index (χ1) is 12.0. The predicted octanol–water partition coefficient (Wildman–Crippen LogP) is 2.15. The van der Waals surface area contributed by atoms with Gasteiger partial charge in [-0.2, -0.15) is 0 Å². The molecule has 0 atom stereocenters. The van der Waals surface area contributed by atoms with Gasteiger partial charge in [0, 0.05) is 25.3 Å². The molecule has 1 aliphatic rings. The molecule has 0 N–H and O–H groups in total. The van der Waals surface area contributed by atoms with Crippen LogP contribution >= 0.6 is 0 Å². The van der Waals surface area contributed by atoms with Crippen molar-refractivity contribution < 1.29 is 19.1 Å². The monoisotopic (exact) mass is 346 g/mol. The summed E-state index contributed by atoms with van der Waals surface area (Å²) < 4.78 is 5.03.